The number of carbonyl (C=O) groups excluding carboxylic acids is 1. The third-order valence-electron chi connectivity index (χ3n) is 2.54. The Balaban J connectivity index is 1.94. The molecule has 3 heteroatoms. The van der Waals surface area contributed by atoms with Crippen LogP contribution in [0.1, 0.15) is 10.4 Å². The molecular weight excluding hydrogens is 218 g/mol. The van der Waals surface area contributed by atoms with Gasteiger partial charge in [0.25, 0.3) is 0 Å². The molecule has 16 heavy (non-hydrogen) atoms. The number of allylic oxidation sites excluding steroid dienone is 1. The largest absolute Gasteiger partial charge is 0.376 e. The summed E-state index contributed by atoms with van der Waals surface area (Å²) >= 11 is 1.97. The minimum absolute atomic E-state index is 0.0822. The van der Waals surface area contributed by atoms with Crippen LogP contribution in [0.2, 0.25) is 0 Å². The third-order valence-corrected chi connectivity index (χ3v) is 3.48. The van der Waals surface area contributed by atoms with E-state index in [1.54, 1.807) is 6.08 Å². The van der Waals surface area contributed by atoms with Crippen LogP contribution in [0.4, 0.5) is 0 Å². The molecule has 0 N–H and O–H groups in total. The van der Waals surface area contributed by atoms with Crippen LogP contribution in [0.5, 0.6) is 0 Å². The highest BCUT2D eigenvalue weighted by molar-refractivity contribution is 7.99. The van der Waals surface area contributed by atoms with E-state index in [9.17, 15) is 4.79 Å². The van der Waals surface area contributed by atoms with E-state index in [2.05, 4.69) is 4.90 Å². The van der Waals surface area contributed by atoms with Gasteiger partial charge < -0.3 is 4.90 Å². The Morgan fingerprint density at radius 3 is 2.56 bits per heavy atom. The first-order valence-electron chi connectivity index (χ1n) is 5.45. The molecule has 0 aliphatic carbocycles. The summed E-state index contributed by atoms with van der Waals surface area (Å²) in [6.45, 7) is 2.09. The summed E-state index contributed by atoms with van der Waals surface area (Å²) in [5.74, 6) is 2.40. The molecule has 1 aliphatic heterocycles. The van der Waals surface area contributed by atoms with Gasteiger partial charge in [-0.25, -0.2) is 0 Å². The van der Waals surface area contributed by atoms with Gasteiger partial charge in [-0.1, -0.05) is 30.3 Å². The van der Waals surface area contributed by atoms with Crippen LogP contribution in [-0.2, 0) is 0 Å². The van der Waals surface area contributed by atoms with Gasteiger partial charge in [0.2, 0.25) is 0 Å². The van der Waals surface area contributed by atoms with Gasteiger partial charge in [0.15, 0.2) is 5.78 Å². The first-order valence-corrected chi connectivity index (χ1v) is 6.61. The maximum Gasteiger partial charge on any atom is 0.187 e. The minimum Gasteiger partial charge on any atom is -0.376 e. The number of rotatable bonds is 3. The first kappa shape index (κ1) is 11.3. The SMILES string of the molecule is O=C(/C=C/N1CCSCC1)c1ccccc1. The molecule has 0 atom stereocenters. The van der Waals surface area contributed by atoms with Crippen LogP contribution >= 0.6 is 11.8 Å². The summed E-state index contributed by atoms with van der Waals surface area (Å²) in [6, 6.07) is 9.39. The fourth-order valence-corrected chi connectivity index (χ4v) is 2.53. The highest BCUT2D eigenvalue weighted by Gasteiger charge is 2.06. The number of hydrogen-bond donors (Lipinski definition) is 0. The molecule has 0 unspecified atom stereocenters. The van der Waals surface area contributed by atoms with Crippen molar-refractivity contribution in [2.75, 3.05) is 24.6 Å². The zero-order chi connectivity index (χ0) is 11.2. The smallest absolute Gasteiger partial charge is 0.187 e. The zero-order valence-electron chi connectivity index (χ0n) is 9.13. The molecule has 0 saturated carbocycles. The molecule has 1 heterocycles. The Labute approximate surface area is 100 Å². The number of nitrogens with zero attached hydrogens (tertiary/aromatic N) is 1. The normalized spacial score (nSPS) is 16.6. The maximum absolute atomic E-state index is 11.8. The molecule has 1 aliphatic rings. The third kappa shape index (κ3) is 3.14. The first-order chi connectivity index (χ1) is 7.86. The number of carbonyl (C=O) groups is 1. The van der Waals surface area contributed by atoms with Crippen LogP contribution in [0, 0.1) is 0 Å². The van der Waals surface area contributed by atoms with E-state index in [0.717, 1.165) is 30.2 Å². The predicted octanol–water partition coefficient (Wildman–Crippen LogP) is 2.43. The lowest BCUT2D eigenvalue weighted by molar-refractivity contribution is 0.104. The molecular formula is C13H15NOS. The number of thioether (sulfide) groups is 1. The van der Waals surface area contributed by atoms with Gasteiger partial charge in [-0.05, 0) is 0 Å². The molecule has 1 aromatic carbocycles. The van der Waals surface area contributed by atoms with Gasteiger partial charge in [-0.3, -0.25) is 4.79 Å². The van der Waals surface area contributed by atoms with E-state index >= 15 is 0 Å². The topological polar surface area (TPSA) is 20.3 Å². The van der Waals surface area contributed by atoms with Crippen molar-refractivity contribution < 1.29 is 4.79 Å². The van der Waals surface area contributed by atoms with E-state index in [1.165, 1.54) is 0 Å². The van der Waals surface area contributed by atoms with E-state index < -0.39 is 0 Å². The standard InChI is InChI=1S/C13H15NOS/c15-13(12-4-2-1-3-5-12)6-7-14-8-10-16-11-9-14/h1-7H,8-11H2/b7-6+. The second-order valence-corrected chi connectivity index (χ2v) is 4.92. The lowest BCUT2D eigenvalue weighted by atomic mass is 10.1. The van der Waals surface area contributed by atoms with Crippen molar-refractivity contribution in [2.24, 2.45) is 0 Å². The minimum atomic E-state index is 0.0822. The monoisotopic (exact) mass is 233 g/mol. The molecule has 84 valence electrons. The van der Waals surface area contributed by atoms with Crippen molar-refractivity contribution >= 4 is 17.5 Å². The van der Waals surface area contributed by atoms with Gasteiger partial charge in [0.1, 0.15) is 0 Å². The van der Waals surface area contributed by atoms with Crippen molar-refractivity contribution in [1.29, 1.82) is 0 Å². The van der Waals surface area contributed by atoms with Crippen LogP contribution in [0.3, 0.4) is 0 Å². The molecule has 0 amide bonds. The molecule has 2 rings (SSSR count). The number of ketones is 1. The molecule has 2 nitrogen and oxygen atoms in total. The number of benzene rings is 1. The molecule has 0 aromatic heterocycles. The maximum atomic E-state index is 11.8. The van der Waals surface area contributed by atoms with Crippen molar-refractivity contribution in [3.05, 3.63) is 48.2 Å². The second-order valence-electron chi connectivity index (χ2n) is 3.69. The van der Waals surface area contributed by atoms with Crippen LogP contribution in [0.25, 0.3) is 0 Å². The second kappa shape index (κ2) is 5.75. The number of hydrogen-bond acceptors (Lipinski definition) is 3. The Hall–Kier alpha value is -1.22. The Bertz CT molecular complexity index is 369. The molecule has 0 spiro atoms. The van der Waals surface area contributed by atoms with Gasteiger partial charge >= 0.3 is 0 Å². The van der Waals surface area contributed by atoms with Crippen molar-refractivity contribution in [2.45, 2.75) is 0 Å². The fourth-order valence-electron chi connectivity index (χ4n) is 1.60. The molecule has 1 aromatic rings. The Kier molecular flexibility index (Phi) is 4.05. The van der Waals surface area contributed by atoms with Gasteiger partial charge in [-0.2, -0.15) is 11.8 Å². The molecule has 0 bridgehead atoms. The van der Waals surface area contributed by atoms with Crippen molar-refractivity contribution in [3.63, 3.8) is 0 Å². The van der Waals surface area contributed by atoms with E-state index in [-0.39, 0.29) is 5.78 Å². The molecule has 1 saturated heterocycles. The lowest BCUT2D eigenvalue weighted by Gasteiger charge is -2.24. The average Bonchev–Trinajstić information content (AvgIpc) is 2.38. The Morgan fingerprint density at radius 1 is 1.19 bits per heavy atom. The Morgan fingerprint density at radius 2 is 1.88 bits per heavy atom. The summed E-state index contributed by atoms with van der Waals surface area (Å²) in [5.41, 5.74) is 0.755. The average molecular weight is 233 g/mol. The van der Waals surface area contributed by atoms with E-state index in [0.29, 0.717) is 0 Å². The van der Waals surface area contributed by atoms with Crippen LogP contribution in [-0.4, -0.2) is 35.3 Å². The highest BCUT2D eigenvalue weighted by Crippen LogP contribution is 2.09. The summed E-state index contributed by atoms with van der Waals surface area (Å²) in [7, 11) is 0. The summed E-state index contributed by atoms with van der Waals surface area (Å²) in [5, 5.41) is 0. The molecule has 0 radical (unpaired) electrons. The lowest BCUT2D eigenvalue weighted by Crippen LogP contribution is -2.27. The summed E-state index contributed by atoms with van der Waals surface area (Å²) in [6.07, 6.45) is 3.60. The van der Waals surface area contributed by atoms with E-state index in [1.807, 2.05) is 48.3 Å². The quantitative estimate of drug-likeness (QED) is 0.591. The predicted molar refractivity (Wildman–Crippen MR) is 68.8 cm³/mol. The molecule has 1 fully saturated rings. The summed E-state index contributed by atoms with van der Waals surface area (Å²) in [4.78, 5) is 14.0. The fraction of sp³-hybridized carbons (Fsp3) is 0.308. The highest BCUT2D eigenvalue weighted by atomic mass is 32.2. The van der Waals surface area contributed by atoms with Gasteiger partial charge in [0.05, 0.1) is 0 Å². The van der Waals surface area contributed by atoms with Gasteiger partial charge in [-0.15, -0.1) is 0 Å². The van der Waals surface area contributed by atoms with E-state index in [4.69, 9.17) is 0 Å². The van der Waals surface area contributed by atoms with Crippen LogP contribution < -0.4 is 0 Å². The zero-order valence-corrected chi connectivity index (χ0v) is 9.95. The van der Waals surface area contributed by atoms with Crippen LogP contribution in [0.15, 0.2) is 42.6 Å². The van der Waals surface area contributed by atoms with Crippen molar-refractivity contribution in [1.82, 2.24) is 4.90 Å². The van der Waals surface area contributed by atoms with Gasteiger partial charge in [0, 0.05) is 42.4 Å². The summed E-state index contributed by atoms with van der Waals surface area (Å²) < 4.78 is 0. The van der Waals surface area contributed by atoms with Crippen molar-refractivity contribution in [3.8, 4) is 0 Å².